The summed E-state index contributed by atoms with van der Waals surface area (Å²) in [7, 11) is 0. The quantitative estimate of drug-likeness (QED) is 0.586. The molecule has 0 aliphatic heterocycles. The summed E-state index contributed by atoms with van der Waals surface area (Å²) < 4.78 is 2.52. The number of carbonyl (C=O) groups excluding carboxylic acids is 1. The largest absolute Gasteiger partial charge is 0.321 e. The van der Waals surface area contributed by atoms with Crippen molar-refractivity contribution in [3.63, 3.8) is 0 Å². The maximum atomic E-state index is 12.2. The number of carbonyl (C=O) groups is 1. The van der Waals surface area contributed by atoms with Gasteiger partial charge in [-0.15, -0.1) is 0 Å². The lowest BCUT2D eigenvalue weighted by molar-refractivity contribution is 0.102. The van der Waals surface area contributed by atoms with Crippen molar-refractivity contribution in [3.05, 3.63) is 60.4 Å². The first-order valence-corrected chi connectivity index (χ1v) is 7.94. The van der Waals surface area contributed by atoms with E-state index < -0.39 is 0 Å². The van der Waals surface area contributed by atoms with Crippen LogP contribution >= 0.6 is 59.4 Å². The topological polar surface area (TPSA) is 29.1 Å². The molecule has 1 amide bonds. The van der Waals surface area contributed by atoms with E-state index in [1.54, 1.807) is 24.3 Å². The molecule has 98 valence electrons. The molecule has 2 aromatic rings. The Morgan fingerprint density at radius 1 is 1.00 bits per heavy atom. The van der Waals surface area contributed by atoms with Crippen LogP contribution in [0.2, 0.25) is 5.02 Å². The minimum Gasteiger partial charge on any atom is -0.321 e. The van der Waals surface area contributed by atoms with Crippen LogP contribution in [0.15, 0.2) is 49.8 Å². The lowest BCUT2D eigenvalue weighted by Gasteiger charge is -2.09. The molecule has 0 spiro atoms. The average molecular weight is 468 g/mol. The molecule has 6 heteroatoms. The molecule has 2 aromatic carbocycles. The summed E-state index contributed by atoms with van der Waals surface area (Å²) in [5.74, 6) is -0.255. The number of nitrogens with one attached hydrogen (secondary N) is 1. The first kappa shape index (κ1) is 15.0. The van der Waals surface area contributed by atoms with Gasteiger partial charge in [-0.2, -0.15) is 0 Å². The highest BCUT2D eigenvalue weighted by molar-refractivity contribution is 9.11. The third-order valence-electron chi connectivity index (χ3n) is 2.35. The molecule has 2 rings (SSSR count). The fourth-order valence-electron chi connectivity index (χ4n) is 1.45. The zero-order valence-electron chi connectivity index (χ0n) is 9.38. The van der Waals surface area contributed by atoms with Crippen LogP contribution in [0.3, 0.4) is 0 Å². The van der Waals surface area contributed by atoms with Crippen molar-refractivity contribution in [2.24, 2.45) is 0 Å². The van der Waals surface area contributed by atoms with Crippen LogP contribution in [0.25, 0.3) is 0 Å². The lowest BCUT2D eigenvalue weighted by atomic mass is 10.2. The van der Waals surface area contributed by atoms with E-state index in [1.165, 1.54) is 0 Å². The second-order valence-corrected chi connectivity index (χ2v) is 6.80. The van der Waals surface area contributed by atoms with Crippen molar-refractivity contribution in [2.75, 3.05) is 5.32 Å². The molecule has 0 atom stereocenters. The summed E-state index contributed by atoms with van der Waals surface area (Å²) >= 11 is 16.1. The van der Waals surface area contributed by atoms with Crippen LogP contribution in [-0.4, -0.2) is 5.91 Å². The fraction of sp³-hybridized carbons (Fsp3) is 0. The average Bonchev–Trinajstić information content (AvgIpc) is 2.35. The molecule has 0 fully saturated rings. The molecule has 0 aliphatic carbocycles. The van der Waals surface area contributed by atoms with Crippen LogP contribution in [0, 0.1) is 0 Å². The SMILES string of the molecule is O=C(Nc1ccc(Br)cc1Br)c1cc(Br)ccc1Cl. The molecule has 2 nitrogen and oxygen atoms in total. The van der Waals surface area contributed by atoms with Gasteiger partial charge in [0.15, 0.2) is 0 Å². The van der Waals surface area contributed by atoms with Crippen molar-refractivity contribution in [1.82, 2.24) is 0 Å². The third kappa shape index (κ3) is 3.81. The third-order valence-corrected chi connectivity index (χ3v) is 4.32. The van der Waals surface area contributed by atoms with E-state index in [-0.39, 0.29) is 5.91 Å². The van der Waals surface area contributed by atoms with Gasteiger partial charge in [0.05, 0.1) is 16.3 Å². The molecular formula is C13H7Br3ClNO. The number of rotatable bonds is 2. The minimum absolute atomic E-state index is 0.255. The summed E-state index contributed by atoms with van der Waals surface area (Å²) in [6.45, 7) is 0. The van der Waals surface area contributed by atoms with Gasteiger partial charge in [0.25, 0.3) is 5.91 Å². The normalized spacial score (nSPS) is 10.3. The van der Waals surface area contributed by atoms with Gasteiger partial charge in [-0.05, 0) is 52.3 Å². The standard InChI is InChI=1S/C13H7Br3ClNO/c14-7-1-3-11(17)9(5-7)13(19)18-12-4-2-8(15)6-10(12)16/h1-6H,(H,18,19). The number of anilines is 1. The van der Waals surface area contributed by atoms with Gasteiger partial charge < -0.3 is 5.32 Å². The highest BCUT2D eigenvalue weighted by Crippen LogP contribution is 2.28. The summed E-state index contributed by atoms with van der Waals surface area (Å²) in [4.78, 5) is 12.2. The van der Waals surface area contributed by atoms with Crippen LogP contribution in [0.5, 0.6) is 0 Å². The molecule has 1 N–H and O–H groups in total. The number of amides is 1. The van der Waals surface area contributed by atoms with Gasteiger partial charge in [0.1, 0.15) is 0 Å². The van der Waals surface area contributed by atoms with E-state index in [1.807, 2.05) is 12.1 Å². The Kier molecular flexibility index (Phi) is 5.06. The molecule has 0 saturated heterocycles. The van der Waals surface area contributed by atoms with Crippen LogP contribution in [-0.2, 0) is 0 Å². The van der Waals surface area contributed by atoms with Gasteiger partial charge in [0, 0.05) is 13.4 Å². The van der Waals surface area contributed by atoms with E-state index in [4.69, 9.17) is 11.6 Å². The Labute approximate surface area is 140 Å². The smallest absolute Gasteiger partial charge is 0.257 e. The molecule has 19 heavy (non-hydrogen) atoms. The molecule has 0 aromatic heterocycles. The molecule has 0 bridgehead atoms. The number of hydrogen-bond donors (Lipinski definition) is 1. The van der Waals surface area contributed by atoms with Crippen molar-refractivity contribution in [3.8, 4) is 0 Å². The Balaban J connectivity index is 2.28. The first-order chi connectivity index (χ1) is 8.97. The summed E-state index contributed by atoms with van der Waals surface area (Å²) in [6.07, 6.45) is 0. The molecule has 0 radical (unpaired) electrons. The number of benzene rings is 2. The molecule has 0 heterocycles. The summed E-state index contributed by atoms with van der Waals surface area (Å²) in [5.41, 5.74) is 1.11. The van der Waals surface area contributed by atoms with E-state index in [0.29, 0.717) is 16.3 Å². The van der Waals surface area contributed by atoms with Gasteiger partial charge >= 0.3 is 0 Å². The van der Waals surface area contributed by atoms with Crippen LogP contribution in [0.4, 0.5) is 5.69 Å². The van der Waals surface area contributed by atoms with Crippen LogP contribution < -0.4 is 5.32 Å². The van der Waals surface area contributed by atoms with Gasteiger partial charge in [-0.3, -0.25) is 4.79 Å². The first-order valence-electron chi connectivity index (χ1n) is 5.19. The van der Waals surface area contributed by atoms with Crippen molar-refractivity contribution >= 4 is 71.0 Å². The van der Waals surface area contributed by atoms with Crippen LogP contribution in [0.1, 0.15) is 10.4 Å². The molecule has 0 saturated carbocycles. The van der Waals surface area contributed by atoms with E-state index in [0.717, 1.165) is 13.4 Å². The number of hydrogen-bond acceptors (Lipinski definition) is 1. The maximum absolute atomic E-state index is 12.2. The predicted octanol–water partition coefficient (Wildman–Crippen LogP) is 5.88. The molecular weight excluding hydrogens is 461 g/mol. The van der Waals surface area contributed by atoms with E-state index >= 15 is 0 Å². The summed E-state index contributed by atoms with van der Waals surface area (Å²) in [5, 5.41) is 3.22. The second kappa shape index (κ2) is 6.39. The monoisotopic (exact) mass is 465 g/mol. The number of halogens is 4. The highest BCUT2D eigenvalue weighted by atomic mass is 79.9. The van der Waals surface area contributed by atoms with Crippen molar-refractivity contribution in [2.45, 2.75) is 0 Å². The lowest BCUT2D eigenvalue weighted by Crippen LogP contribution is -2.12. The second-order valence-electron chi connectivity index (χ2n) is 3.70. The Morgan fingerprint density at radius 2 is 1.63 bits per heavy atom. The minimum atomic E-state index is -0.255. The maximum Gasteiger partial charge on any atom is 0.257 e. The summed E-state index contributed by atoms with van der Waals surface area (Å²) in [6, 6.07) is 10.7. The van der Waals surface area contributed by atoms with Gasteiger partial charge in [-0.25, -0.2) is 0 Å². The zero-order valence-corrected chi connectivity index (χ0v) is 14.9. The van der Waals surface area contributed by atoms with Crippen molar-refractivity contribution in [1.29, 1.82) is 0 Å². The Morgan fingerprint density at radius 3 is 2.32 bits per heavy atom. The van der Waals surface area contributed by atoms with Gasteiger partial charge in [-0.1, -0.05) is 43.5 Å². The highest BCUT2D eigenvalue weighted by Gasteiger charge is 2.12. The zero-order chi connectivity index (χ0) is 14.0. The van der Waals surface area contributed by atoms with E-state index in [2.05, 4.69) is 53.1 Å². The van der Waals surface area contributed by atoms with E-state index in [9.17, 15) is 4.79 Å². The Hall–Kier alpha value is -0.360. The Bertz CT molecular complexity index is 646. The van der Waals surface area contributed by atoms with Gasteiger partial charge in [0.2, 0.25) is 0 Å². The predicted molar refractivity (Wildman–Crippen MR) is 88.9 cm³/mol. The fourth-order valence-corrected chi connectivity index (χ4v) is 3.16. The molecule has 0 aliphatic rings. The van der Waals surface area contributed by atoms with Crippen molar-refractivity contribution < 1.29 is 4.79 Å². The molecule has 0 unspecified atom stereocenters.